The largest absolute Gasteiger partial charge is 0.371 e. The summed E-state index contributed by atoms with van der Waals surface area (Å²) in [4.78, 5) is 0. The lowest BCUT2D eigenvalue weighted by Crippen LogP contribution is -2.33. The molecule has 1 aromatic carbocycles. The van der Waals surface area contributed by atoms with Gasteiger partial charge in [0.1, 0.15) is 5.82 Å². The second kappa shape index (κ2) is 3.85. The van der Waals surface area contributed by atoms with Crippen LogP contribution in [0, 0.1) is 5.82 Å². The van der Waals surface area contributed by atoms with Gasteiger partial charge in [-0.1, -0.05) is 12.1 Å². The summed E-state index contributed by atoms with van der Waals surface area (Å²) >= 11 is 0. The van der Waals surface area contributed by atoms with Gasteiger partial charge < -0.3 is 10.1 Å². The van der Waals surface area contributed by atoms with Crippen molar-refractivity contribution in [3.8, 4) is 0 Å². The summed E-state index contributed by atoms with van der Waals surface area (Å²) in [6.45, 7) is 2.44. The maximum Gasteiger partial charge on any atom is 0.123 e. The summed E-state index contributed by atoms with van der Waals surface area (Å²) in [6.07, 6.45) is 0.0781. The van der Waals surface area contributed by atoms with E-state index in [-0.39, 0.29) is 11.9 Å². The number of morpholine rings is 1. The molecule has 0 saturated carbocycles. The minimum absolute atomic E-state index is 0.0781. The summed E-state index contributed by atoms with van der Waals surface area (Å²) in [5, 5.41) is 3.23. The van der Waals surface area contributed by atoms with Gasteiger partial charge in [-0.2, -0.15) is 0 Å². The van der Waals surface area contributed by atoms with Gasteiger partial charge in [-0.25, -0.2) is 4.39 Å². The molecule has 0 amide bonds. The van der Waals surface area contributed by atoms with Crippen LogP contribution >= 0.6 is 0 Å². The molecule has 3 heteroatoms. The van der Waals surface area contributed by atoms with Gasteiger partial charge in [0.25, 0.3) is 0 Å². The average Bonchev–Trinajstić information content (AvgIpc) is 2.20. The van der Waals surface area contributed by atoms with Gasteiger partial charge in [0.2, 0.25) is 0 Å². The highest BCUT2D eigenvalue weighted by Crippen LogP contribution is 2.18. The number of rotatable bonds is 1. The molecule has 1 heterocycles. The molecule has 0 spiro atoms. The quantitative estimate of drug-likeness (QED) is 0.708. The Balaban J connectivity index is 2.10. The SMILES string of the molecule is Fc1ccc([C@@H]2CNCCO2)cc1. The molecule has 1 atom stereocenters. The third-order valence-electron chi connectivity index (χ3n) is 2.17. The molecule has 0 aliphatic carbocycles. The van der Waals surface area contributed by atoms with Crippen molar-refractivity contribution < 1.29 is 9.13 Å². The smallest absolute Gasteiger partial charge is 0.123 e. The average molecular weight is 181 g/mol. The third-order valence-corrected chi connectivity index (χ3v) is 2.17. The second-order valence-electron chi connectivity index (χ2n) is 3.12. The third kappa shape index (κ3) is 2.05. The lowest BCUT2D eigenvalue weighted by atomic mass is 10.1. The Morgan fingerprint density at radius 2 is 2.08 bits per heavy atom. The molecule has 1 aliphatic heterocycles. The Labute approximate surface area is 76.7 Å². The Hall–Kier alpha value is -0.930. The van der Waals surface area contributed by atoms with E-state index in [2.05, 4.69) is 5.32 Å². The van der Waals surface area contributed by atoms with E-state index in [0.29, 0.717) is 0 Å². The first-order valence-corrected chi connectivity index (χ1v) is 4.44. The predicted octanol–water partition coefficient (Wildman–Crippen LogP) is 1.49. The lowest BCUT2D eigenvalue weighted by Gasteiger charge is -2.23. The molecule has 2 rings (SSSR count). The van der Waals surface area contributed by atoms with Crippen molar-refractivity contribution in [2.24, 2.45) is 0 Å². The van der Waals surface area contributed by atoms with Gasteiger partial charge in [-0.05, 0) is 17.7 Å². The normalized spacial score (nSPS) is 23.0. The van der Waals surface area contributed by atoms with Crippen molar-refractivity contribution in [1.29, 1.82) is 0 Å². The van der Waals surface area contributed by atoms with E-state index in [4.69, 9.17) is 4.74 Å². The van der Waals surface area contributed by atoms with Crippen LogP contribution in [-0.4, -0.2) is 19.7 Å². The van der Waals surface area contributed by atoms with Crippen molar-refractivity contribution in [3.05, 3.63) is 35.6 Å². The van der Waals surface area contributed by atoms with E-state index in [0.717, 1.165) is 25.3 Å². The number of halogens is 1. The van der Waals surface area contributed by atoms with Crippen LogP contribution in [0.25, 0.3) is 0 Å². The molecule has 0 radical (unpaired) electrons. The van der Waals surface area contributed by atoms with Crippen molar-refractivity contribution in [2.45, 2.75) is 6.10 Å². The van der Waals surface area contributed by atoms with E-state index in [9.17, 15) is 4.39 Å². The summed E-state index contributed by atoms with van der Waals surface area (Å²) in [6, 6.07) is 6.47. The maximum absolute atomic E-state index is 12.6. The topological polar surface area (TPSA) is 21.3 Å². The summed E-state index contributed by atoms with van der Waals surface area (Å²) in [5.41, 5.74) is 1.04. The van der Waals surface area contributed by atoms with Crippen LogP contribution in [0.3, 0.4) is 0 Å². The fourth-order valence-electron chi connectivity index (χ4n) is 1.46. The zero-order valence-electron chi connectivity index (χ0n) is 7.29. The number of nitrogens with one attached hydrogen (secondary N) is 1. The van der Waals surface area contributed by atoms with E-state index in [1.807, 2.05) is 0 Å². The molecule has 0 aromatic heterocycles. The molecule has 0 bridgehead atoms. The molecule has 1 saturated heterocycles. The van der Waals surface area contributed by atoms with Crippen molar-refractivity contribution in [1.82, 2.24) is 5.32 Å². The molecule has 2 nitrogen and oxygen atoms in total. The van der Waals surface area contributed by atoms with Gasteiger partial charge in [0, 0.05) is 13.1 Å². The Kier molecular flexibility index (Phi) is 2.57. The highest BCUT2D eigenvalue weighted by atomic mass is 19.1. The van der Waals surface area contributed by atoms with Crippen LogP contribution in [0.2, 0.25) is 0 Å². The number of ether oxygens (including phenoxy) is 1. The van der Waals surface area contributed by atoms with Crippen LogP contribution in [0.1, 0.15) is 11.7 Å². The van der Waals surface area contributed by atoms with Crippen LogP contribution in [0.5, 0.6) is 0 Å². The van der Waals surface area contributed by atoms with E-state index < -0.39 is 0 Å². The van der Waals surface area contributed by atoms with Gasteiger partial charge >= 0.3 is 0 Å². The van der Waals surface area contributed by atoms with E-state index >= 15 is 0 Å². The van der Waals surface area contributed by atoms with Gasteiger partial charge in [0.05, 0.1) is 12.7 Å². The zero-order chi connectivity index (χ0) is 9.10. The Morgan fingerprint density at radius 1 is 1.31 bits per heavy atom. The van der Waals surface area contributed by atoms with Crippen LogP contribution < -0.4 is 5.32 Å². The highest BCUT2D eigenvalue weighted by Gasteiger charge is 2.14. The first kappa shape index (κ1) is 8.66. The minimum Gasteiger partial charge on any atom is -0.371 e. The summed E-state index contributed by atoms with van der Waals surface area (Å²) in [7, 11) is 0. The van der Waals surface area contributed by atoms with Gasteiger partial charge in [0.15, 0.2) is 0 Å². The lowest BCUT2D eigenvalue weighted by molar-refractivity contribution is 0.0276. The van der Waals surface area contributed by atoms with Crippen LogP contribution in [0.15, 0.2) is 24.3 Å². The Bertz CT molecular complexity index is 267. The first-order valence-electron chi connectivity index (χ1n) is 4.44. The van der Waals surface area contributed by atoms with Crippen molar-refractivity contribution >= 4 is 0 Å². The van der Waals surface area contributed by atoms with E-state index in [1.54, 1.807) is 12.1 Å². The Morgan fingerprint density at radius 3 is 2.69 bits per heavy atom. The zero-order valence-corrected chi connectivity index (χ0v) is 7.29. The maximum atomic E-state index is 12.6. The fourth-order valence-corrected chi connectivity index (χ4v) is 1.46. The van der Waals surface area contributed by atoms with Gasteiger partial charge in [-0.15, -0.1) is 0 Å². The predicted molar refractivity (Wildman–Crippen MR) is 48.0 cm³/mol. The standard InChI is InChI=1S/C10H12FNO/c11-9-3-1-8(2-4-9)10-7-12-5-6-13-10/h1-4,10,12H,5-7H2/t10-/m0/s1. The van der Waals surface area contributed by atoms with Crippen LogP contribution in [0.4, 0.5) is 4.39 Å². The highest BCUT2D eigenvalue weighted by molar-refractivity contribution is 5.19. The minimum atomic E-state index is -0.201. The number of hydrogen-bond donors (Lipinski definition) is 1. The summed E-state index contributed by atoms with van der Waals surface area (Å²) in [5.74, 6) is -0.201. The molecule has 1 fully saturated rings. The van der Waals surface area contributed by atoms with E-state index in [1.165, 1.54) is 12.1 Å². The molecular weight excluding hydrogens is 169 g/mol. The number of hydrogen-bond acceptors (Lipinski definition) is 2. The number of benzene rings is 1. The summed E-state index contributed by atoms with van der Waals surface area (Å²) < 4.78 is 18.1. The van der Waals surface area contributed by atoms with Crippen LogP contribution in [-0.2, 0) is 4.74 Å². The fraction of sp³-hybridized carbons (Fsp3) is 0.400. The molecular formula is C10H12FNO. The van der Waals surface area contributed by atoms with Gasteiger partial charge in [-0.3, -0.25) is 0 Å². The molecule has 1 aromatic rings. The molecule has 1 N–H and O–H groups in total. The molecule has 1 aliphatic rings. The molecule has 13 heavy (non-hydrogen) atoms. The molecule has 70 valence electrons. The van der Waals surface area contributed by atoms with Crippen molar-refractivity contribution in [2.75, 3.05) is 19.7 Å². The molecule has 0 unspecified atom stereocenters. The second-order valence-corrected chi connectivity index (χ2v) is 3.12. The van der Waals surface area contributed by atoms with Crippen molar-refractivity contribution in [3.63, 3.8) is 0 Å². The monoisotopic (exact) mass is 181 g/mol. The first-order chi connectivity index (χ1) is 6.36.